The van der Waals surface area contributed by atoms with Gasteiger partial charge in [-0.1, -0.05) is 35.9 Å². The smallest absolute Gasteiger partial charge is 0.416 e. The van der Waals surface area contributed by atoms with Gasteiger partial charge in [0.2, 0.25) is 0 Å². The molecule has 128 valence electrons. The zero-order valence-electron chi connectivity index (χ0n) is 12.3. The molecular weight excluding hydrogens is 345 g/mol. The number of nitrogens with one attached hydrogen (secondary N) is 1. The third-order valence-corrected chi connectivity index (χ3v) is 3.44. The van der Waals surface area contributed by atoms with Gasteiger partial charge in [0.05, 0.1) is 10.6 Å². The van der Waals surface area contributed by atoms with Gasteiger partial charge in [-0.15, -0.1) is 0 Å². The van der Waals surface area contributed by atoms with E-state index in [0.29, 0.717) is 11.4 Å². The van der Waals surface area contributed by atoms with Gasteiger partial charge in [-0.25, -0.2) is 5.84 Å². The van der Waals surface area contributed by atoms with Crippen LogP contribution in [0.3, 0.4) is 0 Å². The second kappa shape index (κ2) is 7.41. The van der Waals surface area contributed by atoms with Gasteiger partial charge in [-0.2, -0.15) is 18.3 Å². The standard InChI is InChI=1S/C15H14ClF3N4O/c16-12-7-11(15(17,18)19)5-6-13(12)24-8-9-1-3-10(4-2-9)14(22-20)23-21/h1-7H,8,20-21H2,(H,22,23). The summed E-state index contributed by atoms with van der Waals surface area (Å²) in [6, 6.07) is 9.87. The molecule has 2 rings (SSSR count). The van der Waals surface area contributed by atoms with Crippen molar-refractivity contribution in [3.63, 3.8) is 0 Å². The molecule has 0 saturated heterocycles. The van der Waals surface area contributed by atoms with E-state index in [0.717, 1.165) is 17.7 Å². The quantitative estimate of drug-likeness (QED) is 0.339. The number of amidine groups is 1. The van der Waals surface area contributed by atoms with E-state index in [1.54, 1.807) is 24.3 Å². The second-order valence-corrected chi connectivity index (χ2v) is 5.16. The van der Waals surface area contributed by atoms with Crippen molar-refractivity contribution in [1.29, 1.82) is 0 Å². The molecule has 24 heavy (non-hydrogen) atoms. The fourth-order valence-corrected chi connectivity index (χ4v) is 2.14. The van der Waals surface area contributed by atoms with Gasteiger partial charge in [0, 0.05) is 5.56 Å². The van der Waals surface area contributed by atoms with Gasteiger partial charge in [0.25, 0.3) is 0 Å². The Balaban J connectivity index is 2.06. The number of hydrazone groups is 1. The van der Waals surface area contributed by atoms with Gasteiger partial charge in [0.15, 0.2) is 5.84 Å². The summed E-state index contributed by atoms with van der Waals surface area (Å²) in [7, 11) is 0. The number of ether oxygens (including phenoxy) is 1. The molecule has 0 aliphatic rings. The van der Waals surface area contributed by atoms with E-state index in [9.17, 15) is 13.2 Å². The zero-order valence-corrected chi connectivity index (χ0v) is 13.0. The van der Waals surface area contributed by atoms with Crippen molar-refractivity contribution >= 4 is 17.4 Å². The highest BCUT2D eigenvalue weighted by Crippen LogP contribution is 2.34. The maximum absolute atomic E-state index is 12.6. The third-order valence-electron chi connectivity index (χ3n) is 3.15. The lowest BCUT2D eigenvalue weighted by molar-refractivity contribution is -0.137. The minimum atomic E-state index is -4.45. The number of alkyl halides is 3. The van der Waals surface area contributed by atoms with Crippen molar-refractivity contribution < 1.29 is 17.9 Å². The van der Waals surface area contributed by atoms with Crippen LogP contribution in [0.25, 0.3) is 0 Å². The molecule has 5 nitrogen and oxygen atoms in total. The Morgan fingerprint density at radius 2 is 1.83 bits per heavy atom. The van der Waals surface area contributed by atoms with Crippen molar-refractivity contribution in [2.24, 2.45) is 16.8 Å². The van der Waals surface area contributed by atoms with Crippen molar-refractivity contribution in [3.05, 3.63) is 64.2 Å². The van der Waals surface area contributed by atoms with Crippen LogP contribution < -0.4 is 21.8 Å². The zero-order chi connectivity index (χ0) is 17.7. The Kier molecular flexibility index (Phi) is 5.53. The SMILES string of the molecule is N/N=C(\NN)c1ccc(COc2ccc(C(F)(F)F)cc2Cl)cc1. The molecule has 0 fully saturated rings. The topological polar surface area (TPSA) is 85.7 Å². The van der Waals surface area contributed by atoms with Crippen molar-refractivity contribution in [2.75, 3.05) is 0 Å². The molecule has 0 aliphatic heterocycles. The van der Waals surface area contributed by atoms with Crippen LogP contribution in [0.2, 0.25) is 5.02 Å². The third kappa shape index (κ3) is 4.30. The van der Waals surface area contributed by atoms with E-state index < -0.39 is 11.7 Å². The molecule has 9 heteroatoms. The van der Waals surface area contributed by atoms with Crippen LogP contribution >= 0.6 is 11.6 Å². The normalized spacial score (nSPS) is 12.1. The summed E-state index contributed by atoms with van der Waals surface area (Å²) in [4.78, 5) is 0. The summed E-state index contributed by atoms with van der Waals surface area (Å²) in [5.41, 5.74) is 2.99. The first-order chi connectivity index (χ1) is 11.3. The number of halogens is 4. The van der Waals surface area contributed by atoms with Crippen LogP contribution in [0.15, 0.2) is 47.6 Å². The van der Waals surface area contributed by atoms with E-state index in [1.807, 2.05) is 0 Å². The lowest BCUT2D eigenvalue weighted by Crippen LogP contribution is -2.32. The Morgan fingerprint density at radius 3 is 2.33 bits per heavy atom. The molecule has 2 aromatic carbocycles. The summed E-state index contributed by atoms with van der Waals surface area (Å²) in [5.74, 6) is 10.9. The van der Waals surface area contributed by atoms with Crippen LogP contribution in [0.1, 0.15) is 16.7 Å². The van der Waals surface area contributed by atoms with Gasteiger partial charge in [-0.3, -0.25) is 0 Å². The molecule has 0 aliphatic carbocycles. The van der Waals surface area contributed by atoms with E-state index in [-0.39, 0.29) is 17.4 Å². The molecule has 0 spiro atoms. The molecular formula is C15H14ClF3N4O. The molecule has 0 amide bonds. The monoisotopic (exact) mass is 358 g/mol. The minimum absolute atomic E-state index is 0.105. The highest BCUT2D eigenvalue weighted by Gasteiger charge is 2.31. The van der Waals surface area contributed by atoms with Gasteiger partial charge in [0.1, 0.15) is 12.4 Å². The molecule has 5 N–H and O–H groups in total. The van der Waals surface area contributed by atoms with E-state index in [2.05, 4.69) is 10.5 Å². The van der Waals surface area contributed by atoms with E-state index >= 15 is 0 Å². The number of hydrogen-bond acceptors (Lipinski definition) is 4. The highest BCUT2D eigenvalue weighted by molar-refractivity contribution is 6.32. The molecule has 0 unspecified atom stereocenters. The summed E-state index contributed by atoms with van der Waals surface area (Å²) >= 11 is 5.83. The summed E-state index contributed by atoms with van der Waals surface area (Å²) in [6.45, 7) is 0.135. The number of hydrazine groups is 1. The molecule has 2 aromatic rings. The minimum Gasteiger partial charge on any atom is -0.487 e. The largest absolute Gasteiger partial charge is 0.487 e. The van der Waals surface area contributed by atoms with Gasteiger partial charge in [-0.05, 0) is 23.8 Å². The molecule has 0 bridgehead atoms. The van der Waals surface area contributed by atoms with Crippen LogP contribution in [0.5, 0.6) is 5.75 Å². The van der Waals surface area contributed by atoms with Crippen molar-refractivity contribution in [3.8, 4) is 5.75 Å². The predicted octanol–water partition coefficient (Wildman–Crippen LogP) is 3.02. The molecule has 0 aromatic heterocycles. The molecule has 0 radical (unpaired) electrons. The van der Waals surface area contributed by atoms with Crippen molar-refractivity contribution in [1.82, 2.24) is 5.43 Å². The van der Waals surface area contributed by atoms with Gasteiger partial charge >= 0.3 is 6.18 Å². The first-order valence-electron chi connectivity index (χ1n) is 6.68. The summed E-state index contributed by atoms with van der Waals surface area (Å²) in [6.07, 6.45) is -4.45. The highest BCUT2D eigenvalue weighted by atomic mass is 35.5. The number of hydrogen-bond donors (Lipinski definition) is 3. The molecule has 0 saturated carbocycles. The van der Waals surface area contributed by atoms with Crippen LogP contribution in [0, 0.1) is 0 Å². The van der Waals surface area contributed by atoms with E-state index in [4.69, 9.17) is 28.0 Å². The average molecular weight is 359 g/mol. The first-order valence-corrected chi connectivity index (χ1v) is 7.06. The van der Waals surface area contributed by atoms with Crippen LogP contribution in [-0.2, 0) is 12.8 Å². The number of nitrogens with two attached hydrogens (primary N) is 2. The predicted molar refractivity (Wildman–Crippen MR) is 85.3 cm³/mol. The lowest BCUT2D eigenvalue weighted by atomic mass is 10.1. The molecule has 0 atom stereocenters. The Morgan fingerprint density at radius 1 is 1.17 bits per heavy atom. The maximum atomic E-state index is 12.6. The number of rotatable bonds is 4. The lowest BCUT2D eigenvalue weighted by Gasteiger charge is -2.12. The Hall–Kier alpha value is -2.45. The molecule has 0 heterocycles. The Bertz CT molecular complexity index is 732. The summed E-state index contributed by atoms with van der Waals surface area (Å²) in [5, 5.41) is 3.37. The first kappa shape index (κ1) is 17.9. The maximum Gasteiger partial charge on any atom is 0.416 e. The average Bonchev–Trinajstić information content (AvgIpc) is 2.55. The fourth-order valence-electron chi connectivity index (χ4n) is 1.91. The summed E-state index contributed by atoms with van der Waals surface area (Å²) < 4.78 is 43.2. The van der Waals surface area contributed by atoms with Crippen molar-refractivity contribution in [2.45, 2.75) is 12.8 Å². The second-order valence-electron chi connectivity index (χ2n) is 4.75. The van der Waals surface area contributed by atoms with Gasteiger partial charge < -0.3 is 16.0 Å². The number of benzene rings is 2. The van der Waals surface area contributed by atoms with Crippen LogP contribution in [0.4, 0.5) is 13.2 Å². The van der Waals surface area contributed by atoms with E-state index in [1.165, 1.54) is 6.07 Å². The number of nitrogens with zero attached hydrogens (tertiary/aromatic N) is 1. The Labute approximate surface area is 141 Å². The fraction of sp³-hybridized carbons (Fsp3) is 0.133. The van der Waals surface area contributed by atoms with Crippen LogP contribution in [-0.4, -0.2) is 5.84 Å².